The van der Waals surface area contributed by atoms with E-state index in [1.165, 1.54) is 25.5 Å². The van der Waals surface area contributed by atoms with Crippen molar-refractivity contribution in [2.75, 3.05) is 14.2 Å². The van der Waals surface area contributed by atoms with Crippen LogP contribution in [0.5, 0.6) is 0 Å². The van der Waals surface area contributed by atoms with Crippen LogP contribution in [0.15, 0.2) is 5.38 Å². The molecule has 8 heteroatoms. The molecule has 118 valence electrons. The van der Waals surface area contributed by atoms with Gasteiger partial charge in [0, 0.05) is 24.9 Å². The number of hydrogen-bond donors (Lipinski definition) is 2. The van der Waals surface area contributed by atoms with Crippen LogP contribution in [-0.4, -0.2) is 37.2 Å². The summed E-state index contributed by atoms with van der Waals surface area (Å²) in [6.07, 6.45) is -0.726. The summed E-state index contributed by atoms with van der Waals surface area (Å²) in [6, 6.07) is -0.148. The first-order chi connectivity index (χ1) is 9.88. The third-order valence-corrected chi connectivity index (χ3v) is 3.92. The number of amides is 1. The molecule has 7 nitrogen and oxygen atoms in total. The fraction of sp³-hybridized carbons (Fsp3) is 0.615. The maximum Gasteiger partial charge on any atom is 0.407 e. The zero-order valence-corrected chi connectivity index (χ0v) is 13.4. The Morgan fingerprint density at radius 1 is 1.48 bits per heavy atom. The number of alkyl carbamates (subject to hydrolysis) is 1. The molecule has 1 aromatic heterocycles. The first-order valence-corrected chi connectivity index (χ1v) is 7.44. The fourth-order valence-corrected chi connectivity index (χ4v) is 2.37. The number of rotatable bonds is 6. The Labute approximate surface area is 127 Å². The van der Waals surface area contributed by atoms with Crippen LogP contribution in [0, 0.1) is 5.92 Å². The molecule has 1 heterocycles. The van der Waals surface area contributed by atoms with Crippen LogP contribution in [0.1, 0.15) is 41.9 Å². The van der Waals surface area contributed by atoms with Crippen molar-refractivity contribution >= 4 is 23.4 Å². The van der Waals surface area contributed by atoms with E-state index < -0.39 is 18.2 Å². The van der Waals surface area contributed by atoms with Crippen LogP contribution in [0.3, 0.4) is 0 Å². The van der Waals surface area contributed by atoms with E-state index in [0.717, 1.165) is 0 Å². The van der Waals surface area contributed by atoms with Gasteiger partial charge in [-0.3, -0.25) is 0 Å². The van der Waals surface area contributed by atoms with Gasteiger partial charge in [0.05, 0.1) is 7.11 Å². The Hall–Kier alpha value is -1.67. The van der Waals surface area contributed by atoms with Crippen LogP contribution in [0.4, 0.5) is 4.79 Å². The predicted octanol–water partition coefficient (Wildman–Crippen LogP) is 1.70. The Morgan fingerprint density at radius 2 is 2.14 bits per heavy atom. The summed E-state index contributed by atoms with van der Waals surface area (Å²) in [4.78, 5) is 27.1. The molecule has 0 saturated heterocycles. The molecule has 1 aromatic rings. The van der Waals surface area contributed by atoms with Crippen molar-refractivity contribution in [3.05, 3.63) is 16.1 Å². The van der Waals surface area contributed by atoms with Crippen molar-refractivity contribution in [3.8, 4) is 0 Å². The number of nitrogens with two attached hydrogens (primary N) is 1. The Bertz CT molecular complexity index is 490. The lowest BCUT2D eigenvalue weighted by atomic mass is 9.99. The highest BCUT2D eigenvalue weighted by Gasteiger charge is 2.25. The first kappa shape index (κ1) is 17.4. The lowest BCUT2D eigenvalue weighted by molar-refractivity contribution is 0.0593. The van der Waals surface area contributed by atoms with E-state index in [0.29, 0.717) is 11.4 Å². The third-order valence-electron chi connectivity index (χ3n) is 2.99. The van der Waals surface area contributed by atoms with Crippen molar-refractivity contribution in [2.45, 2.75) is 32.4 Å². The summed E-state index contributed by atoms with van der Waals surface area (Å²) in [5.74, 6) is -0.287. The smallest absolute Gasteiger partial charge is 0.407 e. The van der Waals surface area contributed by atoms with Gasteiger partial charge < -0.3 is 20.5 Å². The number of nitrogens with zero attached hydrogens (tertiary/aromatic N) is 1. The maximum absolute atomic E-state index is 11.5. The molecule has 1 amide bonds. The van der Waals surface area contributed by atoms with E-state index in [1.54, 1.807) is 5.38 Å². The Morgan fingerprint density at radius 3 is 2.67 bits per heavy atom. The second-order valence-corrected chi connectivity index (χ2v) is 5.74. The summed E-state index contributed by atoms with van der Waals surface area (Å²) >= 11 is 1.24. The molecule has 0 fully saturated rings. The summed E-state index contributed by atoms with van der Waals surface area (Å²) < 4.78 is 9.91. The zero-order chi connectivity index (χ0) is 16.0. The topological polar surface area (TPSA) is 104 Å². The Balaban J connectivity index is 2.91. The fourth-order valence-electron chi connectivity index (χ4n) is 1.54. The molecule has 21 heavy (non-hydrogen) atoms. The van der Waals surface area contributed by atoms with Gasteiger partial charge in [-0.1, -0.05) is 13.8 Å². The molecular weight excluding hydrogens is 294 g/mol. The lowest BCUT2D eigenvalue weighted by Gasteiger charge is -2.21. The number of esters is 1. The van der Waals surface area contributed by atoms with Crippen LogP contribution in [-0.2, 0) is 9.47 Å². The monoisotopic (exact) mass is 315 g/mol. The number of carbonyl (C=O) groups is 2. The number of aromatic nitrogens is 1. The van der Waals surface area contributed by atoms with E-state index in [1.807, 2.05) is 13.8 Å². The van der Waals surface area contributed by atoms with Crippen LogP contribution >= 0.6 is 11.3 Å². The van der Waals surface area contributed by atoms with Gasteiger partial charge in [-0.05, 0) is 5.92 Å². The second kappa shape index (κ2) is 7.94. The SMILES string of the molecule is CNC(=O)O[C@H](C[C@@H](N)C(C)C)c1nc(C(=O)OC)cs1. The molecule has 0 aliphatic rings. The molecule has 0 saturated carbocycles. The number of methoxy groups -OCH3 is 1. The standard InChI is InChI=1S/C13H21N3O4S/c1-7(2)8(14)5-10(20-13(18)15-3)11-16-9(6-21-11)12(17)19-4/h6-8,10H,5,14H2,1-4H3,(H,15,18)/t8-,10-/m1/s1. The van der Waals surface area contributed by atoms with Gasteiger partial charge in [-0.2, -0.15) is 0 Å². The summed E-state index contributed by atoms with van der Waals surface area (Å²) in [5, 5.41) is 4.49. The van der Waals surface area contributed by atoms with E-state index in [4.69, 9.17) is 10.5 Å². The van der Waals surface area contributed by atoms with Gasteiger partial charge in [0.15, 0.2) is 11.8 Å². The second-order valence-electron chi connectivity index (χ2n) is 4.85. The molecule has 3 N–H and O–H groups in total. The minimum absolute atomic E-state index is 0.148. The molecule has 0 radical (unpaired) electrons. The van der Waals surface area contributed by atoms with E-state index >= 15 is 0 Å². The maximum atomic E-state index is 11.5. The van der Waals surface area contributed by atoms with Crippen LogP contribution in [0.2, 0.25) is 0 Å². The normalized spacial score (nSPS) is 13.6. The number of ether oxygens (including phenoxy) is 2. The molecular formula is C13H21N3O4S. The van der Waals surface area contributed by atoms with Gasteiger partial charge in [-0.15, -0.1) is 11.3 Å². The number of nitrogens with one attached hydrogen (secondary N) is 1. The molecule has 1 rings (SSSR count). The number of hydrogen-bond acceptors (Lipinski definition) is 7. The number of thiazole rings is 1. The quantitative estimate of drug-likeness (QED) is 0.774. The number of carbonyl (C=O) groups excluding carboxylic acids is 2. The van der Waals surface area contributed by atoms with Gasteiger partial charge >= 0.3 is 12.1 Å². The van der Waals surface area contributed by atoms with Crippen LogP contribution < -0.4 is 11.1 Å². The largest absolute Gasteiger partial charge is 0.464 e. The minimum Gasteiger partial charge on any atom is -0.464 e. The third kappa shape index (κ3) is 4.98. The average molecular weight is 315 g/mol. The van der Waals surface area contributed by atoms with E-state index in [2.05, 4.69) is 15.0 Å². The van der Waals surface area contributed by atoms with Crippen LogP contribution in [0.25, 0.3) is 0 Å². The molecule has 0 aliphatic heterocycles. The molecule has 0 spiro atoms. The molecule has 0 aliphatic carbocycles. The highest BCUT2D eigenvalue weighted by Crippen LogP contribution is 2.27. The molecule has 0 bridgehead atoms. The predicted molar refractivity (Wildman–Crippen MR) is 79.2 cm³/mol. The summed E-state index contributed by atoms with van der Waals surface area (Å²) in [6.45, 7) is 3.98. The van der Waals surface area contributed by atoms with Gasteiger partial charge in [0.25, 0.3) is 0 Å². The highest BCUT2D eigenvalue weighted by atomic mass is 32.1. The summed E-state index contributed by atoms with van der Waals surface area (Å²) in [5.41, 5.74) is 6.23. The lowest BCUT2D eigenvalue weighted by Crippen LogP contribution is -2.31. The minimum atomic E-state index is -0.592. The van der Waals surface area contributed by atoms with Crippen molar-refractivity contribution in [1.29, 1.82) is 0 Å². The molecule has 2 atom stereocenters. The molecule has 0 unspecified atom stereocenters. The van der Waals surface area contributed by atoms with Gasteiger partial charge in [0.1, 0.15) is 5.01 Å². The highest BCUT2D eigenvalue weighted by molar-refractivity contribution is 7.09. The first-order valence-electron chi connectivity index (χ1n) is 6.56. The van der Waals surface area contributed by atoms with Gasteiger partial charge in [-0.25, -0.2) is 14.6 Å². The van der Waals surface area contributed by atoms with E-state index in [-0.39, 0.29) is 17.7 Å². The zero-order valence-electron chi connectivity index (χ0n) is 12.6. The van der Waals surface area contributed by atoms with Crippen molar-refractivity contribution in [2.24, 2.45) is 11.7 Å². The van der Waals surface area contributed by atoms with Crippen molar-refractivity contribution in [1.82, 2.24) is 10.3 Å². The summed E-state index contributed by atoms with van der Waals surface area (Å²) in [7, 11) is 2.76. The average Bonchev–Trinajstić information content (AvgIpc) is 2.94. The molecule has 0 aromatic carbocycles. The van der Waals surface area contributed by atoms with E-state index in [9.17, 15) is 9.59 Å². The van der Waals surface area contributed by atoms with Crippen molar-refractivity contribution in [3.63, 3.8) is 0 Å². The van der Waals surface area contributed by atoms with Crippen molar-refractivity contribution < 1.29 is 19.1 Å². The van der Waals surface area contributed by atoms with Gasteiger partial charge in [0.2, 0.25) is 0 Å². The Kier molecular flexibility index (Phi) is 6.57.